The van der Waals surface area contributed by atoms with Gasteiger partial charge in [-0.3, -0.25) is 5.32 Å². The Kier molecular flexibility index (Phi) is 4.83. The lowest BCUT2D eigenvalue weighted by Crippen LogP contribution is -2.11. The molecule has 0 saturated heterocycles. The van der Waals surface area contributed by atoms with E-state index in [1.807, 2.05) is 18.2 Å². The maximum absolute atomic E-state index is 11.1. The smallest absolute Gasteiger partial charge is 0.411 e. The van der Waals surface area contributed by atoms with Gasteiger partial charge in [-0.2, -0.15) is 0 Å². The topological polar surface area (TPSA) is 38.3 Å². The summed E-state index contributed by atoms with van der Waals surface area (Å²) < 4.78 is 4.56. The normalized spacial score (nSPS) is 10.2. The van der Waals surface area contributed by atoms with Gasteiger partial charge in [0, 0.05) is 5.69 Å². The molecule has 1 aromatic rings. The largest absolute Gasteiger partial charge is 0.453 e. The molecular formula is C13H19NO2. The molecule has 0 unspecified atom stereocenters. The molecule has 0 radical (unpaired) electrons. The molecular weight excluding hydrogens is 202 g/mol. The molecule has 16 heavy (non-hydrogen) atoms. The Bertz CT molecular complexity index is 346. The van der Waals surface area contributed by atoms with Crippen molar-refractivity contribution in [2.45, 2.75) is 32.6 Å². The Morgan fingerprint density at radius 3 is 2.62 bits per heavy atom. The Hall–Kier alpha value is -1.51. The highest BCUT2D eigenvalue weighted by molar-refractivity contribution is 5.84. The van der Waals surface area contributed by atoms with Crippen LogP contribution in [0.1, 0.15) is 38.2 Å². The quantitative estimate of drug-likeness (QED) is 0.840. The number of anilines is 1. The molecule has 0 bridgehead atoms. The lowest BCUT2D eigenvalue weighted by atomic mass is 9.94. The van der Waals surface area contributed by atoms with Crippen molar-refractivity contribution in [3.63, 3.8) is 0 Å². The van der Waals surface area contributed by atoms with Gasteiger partial charge in [-0.25, -0.2) is 4.79 Å². The lowest BCUT2D eigenvalue weighted by Gasteiger charge is -2.14. The molecule has 1 rings (SSSR count). The molecule has 0 aromatic heterocycles. The summed E-state index contributed by atoms with van der Waals surface area (Å²) in [5.41, 5.74) is 2.05. The summed E-state index contributed by atoms with van der Waals surface area (Å²) in [5.74, 6) is 0.555. The SMILES string of the molecule is CCC(CC)c1cccc(NC(=O)OC)c1. The number of ether oxygens (including phenoxy) is 1. The summed E-state index contributed by atoms with van der Waals surface area (Å²) in [5, 5.41) is 2.67. The van der Waals surface area contributed by atoms with Crippen molar-refractivity contribution >= 4 is 11.8 Å². The maximum Gasteiger partial charge on any atom is 0.411 e. The number of amides is 1. The first-order valence-electron chi connectivity index (χ1n) is 5.66. The third kappa shape index (κ3) is 3.26. The Balaban J connectivity index is 2.81. The minimum absolute atomic E-state index is 0.429. The van der Waals surface area contributed by atoms with Gasteiger partial charge in [0.15, 0.2) is 0 Å². The van der Waals surface area contributed by atoms with Crippen molar-refractivity contribution in [3.05, 3.63) is 29.8 Å². The number of hydrogen-bond acceptors (Lipinski definition) is 2. The average Bonchev–Trinajstić information content (AvgIpc) is 2.31. The van der Waals surface area contributed by atoms with E-state index < -0.39 is 6.09 Å². The zero-order valence-corrected chi connectivity index (χ0v) is 10.1. The van der Waals surface area contributed by atoms with Crippen LogP contribution in [0.15, 0.2) is 24.3 Å². The van der Waals surface area contributed by atoms with Crippen LogP contribution in [0, 0.1) is 0 Å². The third-order valence-electron chi connectivity index (χ3n) is 2.78. The first kappa shape index (κ1) is 12.6. The van der Waals surface area contributed by atoms with Crippen molar-refractivity contribution in [3.8, 4) is 0 Å². The van der Waals surface area contributed by atoms with Crippen LogP contribution < -0.4 is 5.32 Å². The zero-order valence-electron chi connectivity index (χ0n) is 10.1. The van der Waals surface area contributed by atoms with E-state index >= 15 is 0 Å². The molecule has 88 valence electrons. The molecule has 3 heteroatoms. The van der Waals surface area contributed by atoms with Gasteiger partial charge in [-0.1, -0.05) is 26.0 Å². The van der Waals surface area contributed by atoms with E-state index in [0.717, 1.165) is 18.5 Å². The first-order chi connectivity index (χ1) is 7.71. The molecule has 1 N–H and O–H groups in total. The van der Waals surface area contributed by atoms with Gasteiger partial charge in [-0.15, -0.1) is 0 Å². The highest BCUT2D eigenvalue weighted by Crippen LogP contribution is 2.25. The molecule has 0 aliphatic heterocycles. The van der Waals surface area contributed by atoms with E-state index in [4.69, 9.17) is 0 Å². The molecule has 0 heterocycles. The average molecular weight is 221 g/mol. The first-order valence-corrected chi connectivity index (χ1v) is 5.66. The number of hydrogen-bond donors (Lipinski definition) is 1. The Morgan fingerprint density at radius 1 is 1.38 bits per heavy atom. The summed E-state index contributed by atoms with van der Waals surface area (Å²) in [4.78, 5) is 11.1. The van der Waals surface area contributed by atoms with Gasteiger partial charge in [-0.05, 0) is 36.5 Å². The van der Waals surface area contributed by atoms with Crippen LogP contribution in [0.2, 0.25) is 0 Å². The number of rotatable bonds is 4. The van der Waals surface area contributed by atoms with E-state index in [0.29, 0.717) is 5.92 Å². The summed E-state index contributed by atoms with van der Waals surface area (Å²) in [6.45, 7) is 4.35. The number of methoxy groups -OCH3 is 1. The lowest BCUT2D eigenvalue weighted by molar-refractivity contribution is 0.187. The van der Waals surface area contributed by atoms with E-state index in [9.17, 15) is 4.79 Å². The summed E-state index contributed by atoms with van der Waals surface area (Å²) in [7, 11) is 1.36. The van der Waals surface area contributed by atoms with Crippen molar-refractivity contribution in [2.24, 2.45) is 0 Å². The highest BCUT2D eigenvalue weighted by atomic mass is 16.5. The second-order valence-corrected chi connectivity index (χ2v) is 3.76. The van der Waals surface area contributed by atoms with Crippen LogP contribution in [-0.2, 0) is 4.74 Å². The summed E-state index contributed by atoms with van der Waals surface area (Å²) in [6, 6.07) is 7.93. The highest BCUT2D eigenvalue weighted by Gasteiger charge is 2.08. The molecule has 0 aliphatic carbocycles. The summed E-state index contributed by atoms with van der Waals surface area (Å²) in [6.07, 6.45) is 1.79. The standard InChI is InChI=1S/C13H19NO2/c1-4-10(5-2)11-7-6-8-12(9-11)14-13(15)16-3/h6-10H,4-5H2,1-3H3,(H,14,15). The number of nitrogens with one attached hydrogen (secondary N) is 1. The van der Waals surface area contributed by atoms with E-state index in [1.54, 1.807) is 0 Å². The van der Waals surface area contributed by atoms with Crippen LogP contribution in [0.4, 0.5) is 10.5 Å². The van der Waals surface area contributed by atoms with Crippen LogP contribution in [-0.4, -0.2) is 13.2 Å². The molecule has 0 spiro atoms. The van der Waals surface area contributed by atoms with Gasteiger partial charge in [0.2, 0.25) is 0 Å². The fourth-order valence-corrected chi connectivity index (χ4v) is 1.80. The fraction of sp³-hybridized carbons (Fsp3) is 0.462. The van der Waals surface area contributed by atoms with E-state index in [-0.39, 0.29) is 0 Å². The second kappa shape index (κ2) is 6.16. The second-order valence-electron chi connectivity index (χ2n) is 3.76. The van der Waals surface area contributed by atoms with Crippen molar-refractivity contribution in [2.75, 3.05) is 12.4 Å². The Labute approximate surface area is 96.8 Å². The molecule has 1 aromatic carbocycles. The number of carbonyl (C=O) groups is 1. The third-order valence-corrected chi connectivity index (χ3v) is 2.78. The minimum Gasteiger partial charge on any atom is -0.453 e. The minimum atomic E-state index is -0.429. The van der Waals surface area contributed by atoms with Gasteiger partial charge in [0.1, 0.15) is 0 Å². The predicted octanol–water partition coefficient (Wildman–Crippen LogP) is 3.77. The van der Waals surface area contributed by atoms with Gasteiger partial charge >= 0.3 is 6.09 Å². The molecule has 0 aliphatic rings. The van der Waals surface area contributed by atoms with Crippen LogP contribution >= 0.6 is 0 Å². The van der Waals surface area contributed by atoms with Crippen LogP contribution in [0.3, 0.4) is 0 Å². The van der Waals surface area contributed by atoms with Crippen molar-refractivity contribution in [1.82, 2.24) is 0 Å². The number of benzene rings is 1. The van der Waals surface area contributed by atoms with Crippen LogP contribution in [0.25, 0.3) is 0 Å². The molecule has 3 nitrogen and oxygen atoms in total. The van der Waals surface area contributed by atoms with E-state index in [2.05, 4.69) is 30.0 Å². The maximum atomic E-state index is 11.1. The zero-order chi connectivity index (χ0) is 12.0. The van der Waals surface area contributed by atoms with Gasteiger partial charge in [0.05, 0.1) is 7.11 Å². The fourth-order valence-electron chi connectivity index (χ4n) is 1.80. The number of carbonyl (C=O) groups excluding carboxylic acids is 1. The monoisotopic (exact) mass is 221 g/mol. The van der Waals surface area contributed by atoms with Gasteiger partial charge < -0.3 is 4.74 Å². The summed E-state index contributed by atoms with van der Waals surface area (Å²) >= 11 is 0. The molecule has 0 saturated carbocycles. The Morgan fingerprint density at radius 2 is 2.06 bits per heavy atom. The van der Waals surface area contributed by atoms with E-state index in [1.165, 1.54) is 12.7 Å². The van der Waals surface area contributed by atoms with Crippen molar-refractivity contribution in [1.29, 1.82) is 0 Å². The predicted molar refractivity (Wildman–Crippen MR) is 65.8 cm³/mol. The molecule has 0 fully saturated rings. The molecule has 0 atom stereocenters. The van der Waals surface area contributed by atoms with Gasteiger partial charge in [0.25, 0.3) is 0 Å². The van der Waals surface area contributed by atoms with Crippen LogP contribution in [0.5, 0.6) is 0 Å². The molecule has 1 amide bonds. The van der Waals surface area contributed by atoms with Crippen molar-refractivity contribution < 1.29 is 9.53 Å².